The van der Waals surface area contributed by atoms with Crippen LogP contribution in [0, 0.1) is 11.6 Å². The lowest BCUT2D eigenvalue weighted by Gasteiger charge is -2.12. The van der Waals surface area contributed by atoms with Gasteiger partial charge >= 0.3 is 0 Å². The Bertz CT molecular complexity index is 1890. The third kappa shape index (κ3) is 5.38. The van der Waals surface area contributed by atoms with Crippen molar-refractivity contribution >= 4 is 33.3 Å². The third-order valence-electron chi connectivity index (χ3n) is 6.86. The van der Waals surface area contributed by atoms with Crippen LogP contribution in [0.5, 0.6) is 0 Å². The van der Waals surface area contributed by atoms with Crippen molar-refractivity contribution in [3.63, 3.8) is 0 Å². The standard InChI is InChI=1S/C31H31F2N9/c1-17(2)37-22-13-19(15-34-16-22)23-5-6-24-26(27(23)33)30(41-40-24)31-38-25-7-8-36-28(29(25)39-31)18-11-20(32)14-21(12-18)35-9-10-42(3)4/h5-8,11-17,35,37H,9-10H2,1-4H3,(H,38,39)(H,40,41). The van der Waals surface area contributed by atoms with Crippen molar-refractivity contribution in [2.24, 2.45) is 0 Å². The van der Waals surface area contributed by atoms with Crippen molar-refractivity contribution in [1.29, 1.82) is 0 Å². The third-order valence-corrected chi connectivity index (χ3v) is 6.86. The number of pyridine rings is 2. The molecule has 0 aliphatic heterocycles. The van der Waals surface area contributed by atoms with Crippen LogP contribution in [-0.2, 0) is 0 Å². The van der Waals surface area contributed by atoms with E-state index in [0.29, 0.717) is 68.1 Å². The summed E-state index contributed by atoms with van der Waals surface area (Å²) in [5, 5.41) is 14.2. The monoisotopic (exact) mass is 567 g/mol. The number of anilines is 2. The molecule has 0 radical (unpaired) electrons. The highest BCUT2D eigenvalue weighted by molar-refractivity contribution is 5.98. The number of rotatable bonds is 9. The normalized spacial score (nSPS) is 11.7. The lowest BCUT2D eigenvalue weighted by molar-refractivity contribution is 0.425. The average Bonchev–Trinajstić information content (AvgIpc) is 3.57. The van der Waals surface area contributed by atoms with Gasteiger partial charge in [-0.15, -0.1) is 0 Å². The quantitative estimate of drug-likeness (QED) is 0.162. The minimum absolute atomic E-state index is 0.209. The first-order valence-electron chi connectivity index (χ1n) is 13.7. The molecule has 0 spiro atoms. The molecule has 4 heterocycles. The van der Waals surface area contributed by atoms with Crippen LogP contribution in [0.1, 0.15) is 13.8 Å². The number of benzene rings is 2. The maximum Gasteiger partial charge on any atom is 0.159 e. The van der Waals surface area contributed by atoms with Gasteiger partial charge in [0.2, 0.25) is 0 Å². The topological polar surface area (TPSA) is 110 Å². The SMILES string of the molecule is CC(C)Nc1cncc(-c2ccc3[nH]nc(-c4nc5c(-c6cc(F)cc(NCCN(C)C)c6)nccc5[nH]4)c3c2F)c1. The Balaban J connectivity index is 1.41. The number of likely N-dealkylation sites (N-methyl/N-ethyl adjacent to an activating group) is 1. The van der Waals surface area contributed by atoms with Gasteiger partial charge < -0.3 is 20.5 Å². The van der Waals surface area contributed by atoms with Gasteiger partial charge in [-0.3, -0.25) is 15.1 Å². The van der Waals surface area contributed by atoms with Crippen molar-refractivity contribution in [3.05, 3.63) is 72.7 Å². The Labute approximate surface area is 241 Å². The first-order valence-corrected chi connectivity index (χ1v) is 13.7. The first-order chi connectivity index (χ1) is 20.3. The summed E-state index contributed by atoms with van der Waals surface area (Å²) in [6.45, 7) is 5.52. The van der Waals surface area contributed by atoms with Crippen molar-refractivity contribution in [3.8, 4) is 33.9 Å². The predicted octanol–water partition coefficient (Wildman–Crippen LogP) is 6.30. The molecule has 0 saturated carbocycles. The van der Waals surface area contributed by atoms with Crippen molar-refractivity contribution in [2.45, 2.75) is 19.9 Å². The summed E-state index contributed by atoms with van der Waals surface area (Å²) in [5.41, 5.74) is 5.65. The van der Waals surface area contributed by atoms with Crippen LogP contribution in [-0.4, -0.2) is 68.3 Å². The molecule has 0 fully saturated rings. The van der Waals surface area contributed by atoms with Gasteiger partial charge in [0.1, 0.15) is 22.8 Å². The molecule has 2 aromatic carbocycles. The smallest absolute Gasteiger partial charge is 0.159 e. The Hall–Kier alpha value is -4.90. The number of nitrogens with zero attached hydrogens (tertiary/aromatic N) is 5. The van der Waals surface area contributed by atoms with Gasteiger partial charge in [-0.05, 0) is 70.4 Å². The van der Waals surface area contributed by atoms with Gasteiger partial charge in [-0.2, -0.15) is 5.10 Å². The zero-order valence-corrected chi connectivity index (χ0v) is 23.8. The first kappa shape index (κ1) is 27.3. The fourth-order valence-electron chi connectivity index (χ4n) is 4.98. The minimum atomic E-state index is -0.433. The van der Waals surface area contributed by atoms with Gasteiger partial charge in [-0.1, -0.05) is 0 Å². The molecule has 4 aromatic heterocycles. The van der Waals surface area contributed by atoms with Crippen LogP contribution >= 0.6 is 0 Å². The second-order valence-electron chi connectivity index (χ2n) is 10.8. The molecule has 4 N–H and O–H groups in total. The molecule has 214 valence electrons. The minimum Gasteiger partial charge on any atom is -0.384 e. The zero-order valence-electron chi connectivity index (χ0n) is 23.8. The van der Waals surface area contributed by atoms with Gasteiger partial charge in [0.15, 0.2) is 5.82 Å². The van der Waals surface area contributed by atoms with Gasteiger partial charge in [0, 0.05) is 60.1 Å². The number of halogens is 2. The summed E-state index contributed by atoms with van der Waals surface area (Å²) >= 11 is 0. The molecule has 0 unspecified atom stereocenters. The van der Waals surface area contributed by atoms with E-state index in [0.717, 1.165) is 12.2 Å². The Morgan fingerprint density at radius 3 is 2.57 bits per heavy atom. The number of nitrogens with one attached hydrogen (secondary N) is 4. The highest BCUT2D eigenvalue weighted by atomic mass is 19.1. The fraction of sp³-hybridized carbons (Fsp3) is 0.226. The second kappa shape index (κ2) is 11.2. The van der Waals surface area contributed by atoms with Gasteiger partial charge in [0.25, 0.3) is 0 Å². The molecular formula is C31H31F2N9. The lowest BCUT2D eigenvalue weighted by Crippen LogP contribution is -2.20. The molecule has 9 nitrogen and oxygen atoms in total. The number of imidazole rings is 1. The molecule has 0 atom stereocenters. The number of hydrogen-bond acceptors (Lipinski definition) is 7. The number of aromatic nitrogens is 6. The maximum atomic E-state index is 16.2. The van der Waals surface area contributed by atoms with Crippen LogP contribution < -0.4 is 10.6 Å². The summed E-state index contributed by atoms with van der Waals surface area (Å²) in [4.78, 5) is 18.9. The van der Waals surface area contributed by atoms with E-state index in [9.17, 15) is 4.39 Å². The summed E-state index contributed by atoms with van der Waals surface area (Å²) in [5.74, 6) is -0.447. The number of hydrogen-bond donors (Lipinski definition) is 4. The second-order valence-corrected chi connectivity index (χ2v) is 10.8. The van der Waals surface area contributed by atoms with E-state index in [1.807, 2.05) is 45.0 Å². The molecule has 0 aliphatic rings. The summed E-state index contributed by atoms with van der Waals surface area (Å²) in [6, 6.07) is 12.1. The molecular weight excluding hydrogens is 536 g/mol. The molecule has 0 bridgehead atoms. The van der Waals surface area contributed by atoms with E-state index in [1.165, 1.54) is 12.1 Å². The van der Waals surface area contributed by atoms with Crippen LogP contribution in [0.4, 0.5) is 20.2 Å². The van der Waals surface area contributed by atoms with Crippen LogP contribution in [0.25, 0.3) is 55.8 Å². The van der Waals surface area contributed by atoms with Gasteiger partial charge in [0.05, 0.1) is 27.8 Å². The van der Waals surface area contributed by atoms with E-state index in [-0.39, 0.29) is 11.9 Å². The molecule has 6 rings (SSSR count). The molecule has 42 heavy (non-hydrogen) atoms. The maximum absolute atomic E-state index is 16.2. The van der Waals surface area contributed by atoms with Crippen LogP contribution in [0.3, 0.4) is 0 Å². The summed E-state index contributed by atoms with van der Waals surface area (Å²) in [6.07, 6.45) is 4.98. The number of aromatic amines is 2. The van der Waals surface area contributed by atoms with Crippen LogP contribution in [0.2, 0.25) is 0 Å². The largest absolute Gasteiger partial charge is 0.384 e. The number of fused-ring (bicyclic) bond motifs is 2. The summed E-state index contributed by atoms with van der Waals surface area (Å²) < 4.78 is 30.8. The van der Waals surface area contributed by atoms with E-state index in [1.54, 1.807) is 36.8 Å². The molecule has 0 aliphatic carbocycles. The van der Waals surface area contributed by atoms with Gasteiger partial charge in [-0.25, -0.2) is 13.8 Å². The van der Waals surface area contributed by atoms with E-state index >= 15 is 4.39 Å². The molecule has 0 saturated heterocycles. The average molecular weight is 568 g/mol. The Morgan fingerprint density at radius 1 is 0.929 bits per heavy atom. The van der Waals surface area contributed by atoms with E-state index < -0.39 is 5.82 Å². The highest BCUT2D eigenvalue weighted by Crippen LogP contribution is 2.36. The summed E-state index contributed by atoms with van der Waals surface area (Å²) in [7, 11) is 3.96. The Morgan fingerprint density at radius 2 is 1.76 bits per heavy atom. The fourth-order valence-corrected chi connectivity index (χ4v) is 4.98. The highest BCUT2D eigenvalue weighted by Gasteiger charge is 2.21. The Kier molecular flexibility index (Phi) is 7.26. The molecule has 11 heteroatoms. The van der Waals surface area contributed by atoms with Crippen LogP contribution in [0.15, 0.2) is 61.1 Å². The van der Waals surface area contributed by atoms with E-state index in [2.05, 4.69) is 35.8 Å². The zero-order chi connectivity index (χ0) is 29.4. The van der Waals surface area contributed by atoms with Crippen molar-refractivity contribution in [1.82, 2.24) is 35.0 Å². The number of H-pyrrole nitrogens is 2. The van der Waals surface area contributed by atoms with Crippen molar-refractivity contribution < 1.29 is 8.78 Å². The predicted molar refractivity (Wildman–Crippen MR) is 163 cm³/mol. The van der Waals surface area contributed by atoms with E-state index in [4.69, 9.17) is 4.98 Å². The molecule has 0 amide bonds. The molecule has 6 aromatic rings. The lowest BCUT2D eigenvalue weighted by atomic mass is 10.0. The van der Waals surface area contributed by atoms with Crippen molar-refractivity contribution in [2.75, 3.05) is 37.8 Å².